The molecule has 21 heavy (non-hydrogen) atoms. The summed E-state index contributed by atoms with van der Waals surface area (Å²) in [6.45, 7) is 2.35. The third-order valence-electron chi connectivity index (χ3n) is 3.10. The summed E-state index contributed by atoms with van der Waals surface area (Å²) in [6, 6.07) is 11.0. The van der Waals surface area contributed by atoms with Crippen LogP contribution in [-0.2, 0) is 6.61 Å². The van der Waals surface area contributed by atoms with E-state index >= 15 is 0 Å². The van der Waals surface area contributed by atoms with Gasteiger partial charge in [-0.15, -0.1) is 0 Å². The third kappa shape index (κ3) is 3.67. The Morgan fingerprint density at radius 2 is 1.95 bits per heavy atom. The predicted molar refractivity (Wildman–Crippen MR) is 84.5 cm³/mol. The number of rotatable bonds is 5. The summed E-state index contributed by atoms with van der Waals surface area (Å²) in [5, 5.41) is 8.13. The zero-order valence-corrected chi connectivity index (χ0v) is 12.7. The second-order valence-electron chi connectivity index (χ2n) is 4.65. The van der Waals surface area contributed by atoms with Gasteiger partial charge in [-0.1, -0.05) is 23.7 Å². The van der Waals surface area contributed by atoms with Crippen LogP contribution in [0, 0.1) is 12.3 Å². The summed E-state index contributed by atoms with van der Waals surface area (Å²) in [7, 11) is 1.55. The highest BCUT2D eigenvalue weighted by atomic mass is 35.5. The highest BCUT2D eigenvalue weighted by Gasteiger charge is 2.08. The van der Waals surface area contributed by atoms with E-state index in [0.29, 0.717) is 22.9 Å². The number of nitrogens with two attached hydrogens (primary N) is 1. The minimum Gasteiger partial charge on any atom is -0.496 e. The summed E-state index contributed by atoms with van der Waals surface area (Å²) >= 11 is 5.96. The molecule has 0 aliphatic carbocycles. The van der Waals surface area contributed by atoms with Crippen LogP contribution in [0.3, 0.4) is 0 Å². The van der Waals surface area contributed by atoms with Gasteiger partial charge in [-0.3, -0.25) is 5.41 Å². The molecule has 0 saturated heterocycles. The number of halogens is 1. The minimum atomic E-state index is -0.0231. The second kappa shape index (κ2) is 6.50. The molecule has 2 aromatic rings. The Balaban J connectivity index is 2.17. The molecule has 0 radical (unpaired) electrons. The SMILES string of the molecule is COc1cc(COc2cc(Cl)ccc2C)ccc1C(=N)N. The van der Waals surface area contributed by atoms with Gasteiger partial charge in [0.05, 0.1) is 12.7 Å². The summed E-state index contributed by atoms with van der Waals surface area (Å²) in [4.78, 5) is 0. The second-order valence-corrected chi connectivity index (χ2v) is 5.08. The molecule has 0 fully saturated rings. The average Bonchev–Trinajstić information content (AvgIpc) is 2.47. The first-order valence-electron chi connectivity index (χ1n) is 6.41. The van der Waals surface area contributed by atoms with E-state index in [-0.39, 0.29) is 5.84 Å². The van der Waals surface area contributed by atoms with E-state index < -0.39 is 0 Å². The van der Waals surface area contributed by atoms with Crippen molar-refractivity contribution in [2.75, 3.05) is 7.11 Å². The Morgan fingerprint density at radius 1 is 1.19 bits per heavy atom. The molecule has 0 aromatic heterocycles. The van der Waals surface area contributed by atoms with E-state index in [2.05, 4.69) is 0 Å². The molecule has 4 nitrogen and oxygen atoms in total. The molecular formula is C16H17ClN2O2. The Hall–Kier alpha value is -2.20. The molecule has 0 atom stereocenters. The van der Waals surface area contributed by atoms with E-state index in [1.807, 2.05) is 31.2 Å². The zero-order valence-electron chi connectivity index (χ0n) is 11.9. The van der Waals surface area contributed by atoms with Crippen molar-refractivity contribution in [2.24, 2.45) is 5.73 Å². The lowest BCUT2D eigenvalue weighted by molar-refractivity contribution is 0.303. The smallest absolute Gasteiger partial charge is 0.130 e. The molecule has 5 heteroatoms. The molecule has 0 saturated carbocycles. The van der Waals surface area contributed by atoms with Gasteiger partial charge in [-0.2, -0.15) is 0 Å². The minimum absolute atomic E-state index is 0.0231. The zero-order chi connectivity index (χ0) is 15.4. The van der Waals surface area contributed by atoms with Gasteiger partial charge in [-0.05, 0) is 42.3 Å². The highest BCUT2D eigenvalue weighted by Crippen LogP contribution is 2.25. The van der Waals surface area contributed by atoms with E-state index in [0.717, 1.165) is 16.9 Å². The van der Waals surface area contributed by atoms with Crippen molar-refractivity contribution in [1.82, 2.24) is 0 Å². The van der Waals surface area contributed by atoms with Crippen LogP contribution < -0.4 is 15.2 Å². The molecule has 3 N–H and O–H groups in total. The maximum Gasteiger partial charge on any atom is 0.130 e. The normalized spacial score (nSPS) is 10.2. The van der Waals surface area contributed by atoms with Crippen LogP contribution in [0.5, 0.6) is 11.5 Å². The molecule has 2 rings (SSSR count). The Bertz CT molecular complexity index is 671. The van der Waals surface area contributed by atoms with Gasteiger partial charge in [0.25, 0.3) is 0 Å². The number of aryl methyl sites for hydroxylation is 1. The first-order chi connectivity index (χ1) is 10.0. The van der Waals surface area contributed by atoms with Crippen LogP contribution >= 0.6 is 11.6 Å². The van der Waals surface area contributed by atoms with Gasteiger partial charge in [0, 0.05) is 5.02 Å². The van der Waals surface area contributed by atoms with Crippen LogP contribution in [0.25, 0.3) is 0 Å². The molecule has 0 amide bonds. The molecule has 2 aromatic carbocycles. The average molecular weight is 305 g/mol. The molecule has 0 unspecified atom stereocenters. The summed E-state index contributed by atoms with van der Waals surface area (Å²) < 4.78 is 11.0. The first-order valence-corrected chi connectivity index (χ1v) is 6.79. The lowest BCUT2D eigenvalue weighted by Crippen LogP contribution is -2.12. The van der Waals surface area contributed by atoms with Gasteiger partial charge < -0.3 is 15.2 Å². The van der Waals surface area contributed by atoms with Gasteiger partial charge in [0.2, 0.25) is 0 Å². The van der Waals surface area contributed by atoms with Crippen molar-refractivity contribution in [3.8, 4) is 11.5 Å². The number of methoxy groups -OCH3 is 1. The van der Waals surface area contributed by atoms with E-state index in [1.54, 1.807) is 19.2 Å². The molecule has 0 heterocycles. The maximum atomic E-state index is 7.49. The van der Waals surface area contributed by atoms with Crippen molar-refractivity contribution < 1.29 is 9.47 Å². The fraction of sp³-hybridized carbons (Fsp3) is 0.188. The standard InChI is InChI=1S/C16H17ClN2O2/c1-10-3-5-12(17)8-14(10)21-9-11-4-6-13(16(18)19)15(7-11)20-2/h3-8H,9H2,1-2H3,(H3,18,19). The van der Waals surface area contributed by atoms with Crippen LogP contribution in [0.1, 0.15) is 16.7 Å². The molecule has 0 aliphatic rings. The Morgan fingerprint density at radius 3 is 2.62 bits per heavy atom. The van der Waals surface area contributed by atoms with Crippen molar-refractivity contribution in [3.05, 3.63) is 58.1 Å². The largest absolute Gasteiger partial charge is 0.496 e. The highest BCUT2D eigenvalue weighted by molar-refractivity contribution is 6.30. The number of hydrogen-bond acceptors (Lipinski definition) is 3. The lowest BCUT2D eigenvalue weighted by Gasteiger charge is -2.12. The Kier molecular flexibility index (Phi) is 4.70. The maximum absolute atomic E-state index is 7.49. The monoisotopic (exact) mass is 304 g/mol. The first kappa shape index (κ1) is 15.2. The molecule has 0 bridgehead atoms. The van der Waals surface area contributed by atoms with Crippen LogP contribution in [0.4, 0.5) is 0 Å². The van der Waals surface area contributed by atoms with Crippen molar-refractivity contribution in [1.29, 1.82) is 5.41 Å². The summed E-state index contributed by atoms with van der Waals surface area (Å²) in [5.74, 6) is 1.29. The molecule has 0 spiro atoms. The summed E-state index contributed by atoms with van der Waals surface area (Å²) in [6.07, 6.45) is 0. The van der Waals surface area contributed by atoms with E-state index in [9.17, 15) is 0 Å². The quantitative estimate of drug-likeness (QED) is 0.656. The van der Waals surface area contributed by atoms with Crippen molar-refractivity contribution >= 4 is 17.4 Å². The molecule has 110 valence electrons. The Labute approximate surface area is 129 Å². The number of ether oxygens (including phenoxy) is 2. The van der Waals surface area contributed by atoms with Crippen molar-refractivity contribution in [2.45, 2.75) is 13.5 Å². The van der Waals surface area contributed by atoms with Crippen LogP contribution in [0.2, 0.25) is 5.02 Å². The predicted octanol–water partition coefficient (Wildman–Crippen LogP) is 3.52. The van der Waals surface area contributed by atoms with Gasteiger partial charge in [-0.25, -0.2) is 0 Å². The molecular weight excluding hydrogens is 288 g/mol. The van der Waals surface area contributed by atoms with Crippen LogP contribution in [-0.4, -0.2) is 12.9 Å². The van der Waals surface area contributed by atoms with Crippen LogP contribution in [0.15, 0.2) is 36.4 Å². The topological polar surface area (TPSA) is 68.3 Å². The fourth-order valence-electron chi connectivity index (χ4n) is 1.94. The number of hydrogen-bond donors (Lipinski definition) is 2. The fourth-order valence-corrected chi connectivity index (χ4v) is 2.10. The lowest BCUT2D eigenvalue weighted by atomic mass is 10.1. The number of nitrogen functional groups attached to an aromatic ring is 1. The van der Waals surface area contributed by atoms with Gasteiger partial charge >= 0.3 is 0 Å². The van der Waals surface area contributed by atoms with Crippen molar-refractivity contribution in [3.63, 3.8) is 0 Å². The van der Waals surface area contributed by atoms with Gasteiger partial charge in [0.1, 0.15) is 23.9 Å². The molecule has 0 aliphatic heterocycles. The number of nitrogens with one attached hydrogen (secondary N) is 1. The number of benzene rings is 2. The van der Waals surface area contributed by atoms with E-state index in [4.69, 9.17) is 32.2 Å². The third-order valence-corrected chi connectivity index (χ3v) is 3.34. The summed E-state index contributed by atoms with van der Waals surface area (Å²) in [5.41, 5.74) is 8.02. The van der Waals surface area contributed by atoms with Gasteiger partial charge in [0.15, 0.2) is 0 Å². The van der Waals surface area contributed by atoms with E-state index in [1.165, 1.54) is 0 Å². The number of amidine groups is 1.